The Bertz CT molecular complexity index is 571. The molecule has 0 unspecified atom stereocenters. The highest BCUT2D eigenvalue weighted by Crippen LogP contribution is 2.27. The van der Waals surface area contributed by atoms with Crippen molar-refractivity contribution in [3.05, 3.63) is 59.7 Å². The fourth-order valence-corrected chi connectivity index (χ4v) is 2.33. The van der Waals surface area contributed by atoms with Crippen LogP contribution in [0.1, 0.15) is 11.1 Å². The quantitative estimate of drug-likeness (QED) is 0.632. The highest BCUT2D eigenvalue weighted by molar-refractivity contribution is 5.41. The van der Waals surface area contributed by atoms with Crippen LogP contribution in [-0.4, -0.2) is 18.5 Å². The molecule has 1 aliphatic rings. The molecular formula is C16H17NO3. The van der Waals surface area contributed by atoms with Gasteiger partial charge in [-0.1, -0.05) is 30.3 Å². The van der Waals surface area contributed by atoms with E-state index >= 15 is 0 Å². The van der Waals surface area contributed by atoms with Crippen LogP contribution >= 0.6 is 0 Å². The van der Waals surface area contributed by atoms with Crippen molar-refractivity contribution in [2.24, 2.45) is 0 Å². The van der Waals surface area contributed by atoms with Crippen molar-refractivity contribution in [1.29, 1.82) is 0 Å². The Labute approximate surface area is 118 Å². The molecule has 0 N–H and O–H groups in total. The van der Waals surface area contributed by atoms with E-state index in [0.29, 0.717) is 11.5 Å². The number of rotatable bonds is 4. The zero-order chi connectivity index (χ0) is 13.8. The normalized spacial score (nSPS) is 14.7. The molecule has 0 amide bonds. The number of hydrogen-bond donors (Lipinski definition) is 0. The topological polar surface area (TPSA) is 30.9 Å². The number of nitrogens with zero attached hydrogens (tertiary/aromatic N) is 1. The van der Waals surface area contributed by atoms with Gasteiger partial charge in [0.15, 0.2) is 11.5 Å². The molecule has 104 valence electrons. The van der Waals surface area contributed by atoms with E-state index < -0.39 is 0 Å². The molecular weight excluding hydrogens is 254 g/mol. The summed E-state index contributed by atoms with van der Waals surface area (Å²) < 4.78 is 0. The lowest BCUT2D eigenvalue weighted by Gasteiger charge is -2.25. The largest absolute Gasteiger partial charge is 0.302 e. The maximum absolute atomic E-state index is 5.31. The van der Waals surface area contributed by atoms with E-state index in [1.807, 2.05) is 30.3 Å². The molecule has 20 heavy (non-hydrogen) atoms. The van der Waals surface area contributed by atoms with E-state index in [0.717, 1.165) is 25.1 Å². The lowest BCUT2D eigenvalue weighted by Crippen LogP contribution is -2.27. The molecule has 2 aromatic carbocycles. The first-order valence-electron chi connectivity index (χ1n) is 6.68. The van der Waals surface area contributed by atoms with Crippen molar-refractivity contribution in [3.8, 4) is 11.5 Å². The second-order valence-corrected chi connectivity index (χ2v) is 4.93. The molecule has 0 saturated carbocycles. The molecule has 4 heteroatoms. The molecule has 1 aliphatic heterocycles. The van der Waals surface area contributed by atoms with Crippen LogP contribution in [0.5, 0.6) is 11.5 Å². The van der Waals surface area contributed by atoms with E-state index in [1.165, 1.54) is 5.56 Å². The van der Waals surface area contributed by atoms with Gasteiger partial charge in [-0.2, -0.15) is 0 Å². The molecule has 0 aromatic heterocycles. The number of hydrogen-bond acceptors (Lipinski definition) is 4. The summed E-state index contributed by atoms with van der Waals surface area (Å²) in [7, 11) is 2.10. The Kier molecular flexibility index (Phi) is 3.85. The SMILES string of the molecule is CN1CCc2cccc(OOOc3ccccc3)c2C1. The summed E-state index contributed by atoms with van der Waals surface area (Å²) in [5.74, 6) is 1.32. The summed E-state index contributed by atoms with van der Waals surface area (Å²) >= 11 is 0. The van der Waals surface area contributed by atoms with Crippen LogP contribution in [-0.2, 0) is 18.0 Å². The first kappa shape index (κ1) is 13.0. The maximum atomic E-state index is 5.31. The number of benzene rings is 2. The van der Waals surface area contributed by atoms with Gasteiger partial charge in [0.1, 0.15) is 0 Å². The van der Waals surface area contributed by atoms with E-state index in [9.17, 15) is 0 Å². The third kappa shape index (κ3) is 2.92. The average molecular weight is 271 g/mol. The second kappa shape index (κ2) is 5.94. The van der Waals surface area contributed by atoms with Crippen LogP contribution in [0.2, 0.25) is 0 Å². The summed E-state index contributed by atoms with van der Waals surface area (Å²) in [4.78, 5) is 12.7. The molecule has 4 nitrogen and oxygen atoms in total. The van der Waals surface area contributed by atoms with E-state index in [1.54, 1.807) is 12.1 Å². The van der Waals surface area contributed by atoms with Crippen LogP contribution < -0.4 is 9.78 Å². The van der Waals surface area contributed by atoms with Gasteiger partial charge >= 0.3 is 0 Å². The minimum absolute atomic E-state index is 0.606. The number of para-hydroxylation sites is 1. The highest BCUT2D eigenvalue weighted by atomic mass is 17.5. The first-order valence-corrected chi connectivity index (χ1v) is 6.68. The third-order valence-electron chi connectivity index (χ3n) is 3.42. The van der Waals surface area contributed by atoms with Crippen molar-refractivity contribution >= 4 is 0 Å². The Hall–Kier alpha value is -2.04. The maximum Gasteiger partial charge on any atom is 0.174 e. The minimum atomic E-state index is 0.606. The summed E-state index contributed by atoms with van der Waals surface area (Å²) in [6.07, 6.45) is 1.03. The standard InChI is InChI=1S/C16H17NO3/c1-17-11-10-13-6-5-9-16(15(13)12-17)19-20-18-14-7-3-2-4-8-14/h2-9H,10-12H2,1H3. The molecule has 0 bridgehead atoms. The van der Waals surface area contributed by atoms with Crippen molar-refractivity contribution in [3.63, 3.8) is 0 Å². The lowest BCUT2D eigenvalue weighted by atomic mass is 9.99. The van der Waals surface area contributed by atoms with Crippen molar-refractivity contribution in [2.75, 3.05) is 13.6 Å². The van der Waals surface area contributed by atoms with Crippen LogP contribution in [0, 0.1) is 0 Å². The number of fused-ring (bicyclic) bond motifs is 1. The van der Waals surface area contributed by atoms with Gasteiger partial charge in [-0.05, 0) is 37.2 Å². The fraction of sp³-hybridized carbons (Fsp3) is 0.250. The van der Waals surface area contributed by atoms with Gasteiger partial charge in [-0.3, -0.25) is 9.78 Å². The molecule has 3 rings (SSSR count). The van der Waals surface area contributed by atoms with E-state index in [2.05, 4.69) is 18.0 Å². The number of likely N-dealkylation sites (N-methyl/N-ethyl adjacent to an activating group) is 1. The van der Waals surface area contributed by atoms with Gasteiger partial charge in [0.05, 0.1) is 0 Å². The molecule has 0 aliphatic carbocycles. The Balaban J connectivity index is 1.66. The average Bonchev–Trinajstić information content (AvgIpc) is 2.49. The first-order chi connectivity index (χ1) is 9.83. The van der Waals surface area contributed by atoms with Gasteiger partial charge in [-0.15, -0.1) is 0 Å². The van der Waals surface area contributed by atoms with Gasteiger partial charge in [-0.25, -0.2) is 0 Å². The summed E-state index contributed by atoms with van der Waals surface area (Å²) in [5, 5.41) is 4.89. The predicted octanol–water partition coefficient (Wildman–Crippen LogP) is 2.98. The van der Waals surface area contributed by atoms with Gasteiger partial charge in [0.2, 0.25) is 0 Å². The fourth-order valence-electron chi connectivity index (χ4n) is 2.33. The Morgan fingerprint density at radius 2 is 1.80 bits per heavy atom. The highest BCUT2D eigenvalue weighted by Gasteiger charge is 2.17. The monoisotopic (exact) mass is 271 g/mol. The van der Waals surface area contributed by atoms with Crippen molar-refractivity contribution in [2.45, 2.75) is 13.0 Å². The molecule has 0 fully saturated rings. The molecule has 0 saturated heterocycles. The molecule has 0 radical (unpaired) electrons. The van der Waals surface area contributed by atoms with Gasteiger partial charge < -0.3 is 4.90 Å². The van der Waals surface area contributed by atoms with Crippen LogP contribution in [0.4, 0.5) is 0 Å². The van der Waals surface area contributed by atoms with E-state index in [4.69, 9.17) is 14.8 Å². The zero-order valence-electron chi connectivity index (χ0n) is 11.4. The predicted molar refractivity (Wildman–Crippen MR) is 75.3 cm³/mol. The summed E-state index contributed by atoms with van der Waals surface area (Å²) in [6, 6.07) is 15.3. The molecule has 0 spiro atoms. The summed E-state index contributed by atoms with van der Waals surface area (Å²) in [6.45, 7) is 1.93. The lowest BCUT2D eigenvalue weighted by molar-refractivity contribution is -0.411. The van der Waals surface area contributed by atoms with Crippen LogP contribution in [0.15, 0.2) is 48.5 Å². The second-order valence-electron chi connectivity index (χ2n) is 4.93. The smallest absolute Gasteiger partial charge is 0.174 e. The van der Waals surface area contributed by atoms with Crippen molar-refractivity contribution < 1.29 is 14.8 Å². The minimum Gasteiger partial charge on any atom is -0.302 e. The van der Waals surface area contributed by atoms with Gasteiger partial charge in [0, 0.05) is 23.7 Å². The van der Waals surface area contributed by atoms with Crippen LogP contribution in [0.25, 0.3) is 0 Å². The third-order valence-corrected chi connectivity index (χ3v) is 3.42. The van der Waals surface area contributed by atoms with E-state index in [-0.39, 0.29) is 0 Å². The summed E-state index contributed by atoms with van der Waals surface area (Å²) in [5.41, 5.74) is 2.47. The molecule has 1 heterocycles. The Morgan fingerprint density at radius 3 is 2.65 bits per heavy atom. The van der Waals surface area contributed by atoms with Crippen LogP contribution in [0.3, 0.4) is 0 Å². The van der Waals surface area contributed by atoms with Crippen molar-refractivity contribution in [1.82, 2.24) is 4.90 Å². The zero-order valence-corrected chi connectivity index (χ0v) is 11.4. The van der Waals surface area contributed by atoms with Gasteiger partial charge in [0.25, 0.3) is 0 Å². The molecule has 0 atom stereocenters. The Morgan fingerprint density at radius 1 is 0.950 bits per heavy atom. The molecule has 2 aromatic rings.